The fourth-order valence-electron chi connectivity index (χ4n) is 2.58. The minimum absolute atomic E-state index is 0.627. The van der Waals surface area contributed by atoms with Gasteiger partial charge < -0.3 is 0 Å². The highest BCUT2D eigenvalue weighted by atomic mass is 79.9. The van der Waals surface area contributed by atoms with Gasteiger partial charge in [0.1, 0.15) is 0 Å². The Balaban J connectivity index is 2.14. The normalized spacial score (nSPS) is 11.8. The fraction of sp³-hybridized carbons (Fsp3) is 0.111. The van der Waals surface area contributed by atoms with Crippen molar-refractivity contribution in [3.8, 4) is 11.1 Å². The highest BCUT2D eigenvalue weighted by molar-refractivity contribution is 9.08. The first-order valence-corrected chi connectivity index (χ1v) is 7.87. The van der Waals surface area contributed by atoms with E-state index >= 15 is 0 Å². The summed E-state index contributed by atoms with van der Waals surface area (Å²) in [6.07, 6.45) is -4.31. The molecule has 0 nitrogen and oxygen atoms in total. The van der Waals surface area contributed by atoms with E-state index in [0.29, 0.717) is 0 Å². The van der Waals surface area contributed by atoms with Crippen molar-refractivity contribution >= 4 is 26.7 Å². The third kappa shape index (κ3) is 2.75. The van der Waals surface area contributed by atoms with E-state index in [2.05, 4.69) is 15.9 Å². The molecule has 0 saturated carbocycles. The van der Waals surface area contributed by atoms with E-state index in [1.54, 1.807) is 0 Å². The van der Waals surface area contributed by atoms with E-state index in [1.807, 2.05) is 36.4 Å². The number of hydrogen-bond acceptors (Lipinski definition) is 0. The number of fused-ring (bicyclic) bond motifs is 1. The van der Waals surface area contributed by atoms with Crippen molar-refractivity contribution in [2.75, 3.05) is 0 Å². The maximum atomic E-state index is 12.7. The minimum atomic E-state index is -4.31. The van der Waals surface area contributed by atoms with Crippen molar-refractivity contribution in [2.45, 2.75) is 11.5 Å². The summed E-state index contributed by atoms with van der Waals surface area (Å²) in [5.41, 5.74) is 2.25. The third-order valence-corrected chi connectivity index (χ3v) is 4.28. The summed E-state index contributed by atoms with van der Waals surface area (Å²) in [6.45, 7) is 0. The van der Waals surface area contributed by atoms with Crippen LogP contribution in [0, 0.1) is 0 Å². The molecule has 4 heteroatoms. The Kier molecular flexibility index (Phi) is 3.96. The molecule has 22 heavy (non-hydrogen) atoms. The van der Waals surface area contributed by atoms with Crippen molar-refractivity contribution < 1.29 is 13.2 Å². The number of benzene rings is 3. The Bertz CT molecular complexity index is 805. The molecule has 0 unspecified atom stereocenters. The van der Waals surface area contributed by atoms with Crippen molar-refractivity contribution in [3.63, 3.8) is 0 Å². The fourth-order valence-corrected chi connectivity index (χ4v) is 3.07. The summed E-state index contributed by atoms with van der Waals surface area (Å²) in [7, 11) is 0. The average Bonchev–Trinajstić information content (AvgIpc) is 2.53. The molecular formula is C18H12BrF3. The zero-order valence-electron chi connectivity index (χ0n) is 11.5. The van der Waals surface area contributed by atoms with E-state index in [-0.39, 0.29) is 0 Å². The summed E-state index contributed by atoms with van der Waals surface area (Å²) in [5.74, 6) is 0. The van der Waals surface area contributed by atoms with Gasteiger partial charge in [-0.1, -0.05) is 64.5 Å². The Labute approximate surface area is 134 Å². The first kappa shape index (κ1) is 15.1. The zero-order chi connectivity index (χ0) is 15.7. The second-order valence-corrected chi connectivity index (χ2v) is 5.59. The molecule has 3 aromatic rings. The summed E-state index contributed by atoms with van der Waals surface area (Å²) in [5, 5.41) is 2.89. The quantitative estimate of drug-likeness (QED) is 0.460. The Morgan fingerprint density at radius 1 is 0.773 bits per heavy atom. The number of alkyl halides is 4. The molecular weight excluding hydrogens is 353 g/mol. The first-order valence-electron chi connectivity index (χ1n) is 6.75. The maximum absolute atomic E-state index is 12.7. The van der Waals surface area contributed by atoms with Crippen LogP contribution in [0.15, 0.2) is 60.7 Å². The smallest absolute Gasteiger partial charge is 0.166 e. The highest BCUT2D eigenvalue weighted by Crippen LogP contribution is 2.34. The molecule has 0 spiro atoms. The lowest BCUT2D eigenvalue weighted by Crippen LogP contribution is -2.04. The van der Waals surface area contributed by atoms with Gasteiger partial charge in [0.05, 0.1) is 5.56 Å². The van der Waals surface area contributed by atoms with Crippen LogP contribution in [0.2, 0.25) is 0 Å². The lowest BCUT2D eigenvalue weighted by Gasteiger charge is -2.11. The topological polar surface area (TPSA) is 0 Å². The van der Waals surface area contributed by atoms with Crippen molar-refractivity contribution in [2.24, 2.45) is 0 Å². The predicted octanol–water partition coefficient (Wildman–Crippen LogP) is 6.42. The van der Waals surface area contributed by atoms with Gasteiger partial charge in [0.25, 0.3) is 0 Å². The molecule has 3 aromatic carbocycles. The Morgan fingerprint density at radius 2 is 1.41 bits per heavy atom. The molecule has 0 bridgehead atoms. The van der Waals surface area contributed by atoms with Gasteiger partial charge in [-0.25, -0.2) is 0 Å². The number of halogens is 4. The van der Waals surface area contributed by atoms with Gasteiger partial charge in [-0.2, -0.15) is 13.2 Å². The van der Waals surface area contributed by atoms with Crippen molar-refractivity contribution in [1.82, 2.24) is 0 Å². The van der Waals surface area contributed by atoms with Gasteiger partial charge in [0.2, 0.25) is 0 Å². The van der Waals surface area contributed by atoms with E-state index < -0.39 is 11.7 Å². The Hall–Kier alpha value is -1.81. The van der Waals surface area contributed by atoms with E-state index in [1.165, 1.54) is 12.1 Å². The van der Waals surface area contributed by atoms with Crippen LogP contribution in [0.1, 0.15) is 11.1 Å². The molecule has 0 aliphatic carbocycles. The Morgan fingerprint density at radius 3 is 2.05 bits per heavy atom. The zero-order valence-corrected chi connectivity index (χ0v) is 13.1. The lowest BCUT2D eigenvalue weighted by molar-refractivity contribution is -0.137. The van der Waals surface area contributed by atoms with Gasteiger partial charge >= 0.3 is 6.18 Å². The summed E-state index contributed by atoms with van der Waals surface area (Å²) in [4.78, 5) is 0. The van der Waals surface area contributed by atoms with Gasteiger partial charge in [0.15, 0.2) is 0 Å². The molecule has 0 atom stereocenters. The number of rotatable bonds is 2. The van der Waals surface area contributed by atoms with Gasteiger partial charge in [0, 0.05) is 5.33 Å². The first-order chi connectivity index (χ1) is 10.5. The SMILES string of the molecule is FC(F)(F)c1ccc(-c2cccc3c(CBr)cccc23)cc1. The van der Waals surface area contributed by atoms with E-state index in [0.717, 1.165) is 44.9 Å². The van der Waals surface area contributed by atoms with Crippen molar-refractivity contribution in [3.05, 3.63) is 71.8 Å². The molecule has 0 radical (unpaired) electrons. The van der Waals surface area contributed by atoms with Crippen LogP contribution in [0.3, 0.4) is 0 Å². The minimum Gasteiger partial charge on any atom is -0.166 e. The maximum Gasteiger partial charge on any atom is 0.416 e. The average molecular weight is 365 g/mol. The van der Waals surface area contributed by atoms with E-state index in [4.69, 9.17) is 0 Å². The van der Waals surface area contributed by atoms with Crippen LogP contribution < -0.4 is 0 Å². The van der Waals surface area contributed by atoms with E-state index in [9.17, 15) is 13.2 Å². The molecule has 3 rings (SSSR count). The van der Waals surface area contributed by atoms with Crippen molar-refractivity contribution in [1.29, 1.82) is 0 Å². The van der Waals surface area contributed by atoms with Crippen LogP contribution in [-0.4, -0.2) is 0 Å². The standard InChI is InChI=1S/C18H12BrF3/c19-11-13-3-1-6-17-15(4-2-5-16(13)17)12-7-9-14(10-8-12)18(20,21)22/h1-10H,11H2. The van der Waals surface area contributed by atoms with Gasteiger partial charge in [-0.15, -0.1) is 0 Å². The molecule has 0 fully saturated rings. The van der Waals surface area contributed by atoms with Gasteiger partial charge in [-0.3, -0.25) is 0 Å². The third-order valence-electron chi connectivity index (χ3n) is 3.68. The second-order valence-electron chi connectivity index (χ2n) is 5.03. The molecule has 0 aliphatic rings. The number of hydrogen-bond donors (Lipinski definition) is 0. The highest BCUT2D eigenvalue weighted by Gasteiger charge is 2.30. The summed E-state index contributed by atoms with van der Waals surface area (Å²) >= 11 is 3.47. The monoisotopic (exact) mass is 364 g/mol. The van der Waals surface area contributed by atoms with Crippen LogP contribution in [0.25, 0.3) is 21.9 Å². The molecule has 0 aromatic heterocycles. The van der Waals surface area contributed by atoms with Crippen LogP contribution in [0.4, 0.5) is 13.2 Å². The van der Waals surface area contributed by atoms with Crippen LogP contribution >= 0.6 is 15.9 Å². The molecule has 0 heterocycles. The second kappa shape index (κ2) is 5.76. The lowest BCUT2D eigenvalue weighted by atomic mass is 9.95. The molecule has 112 valence electrons. The molecule has 0 aliphatic heterocycles. The largest absolute Gasteiger partial charge is 0.416 e. The predicted molar refractivity (Wildman–Crippen MR) is 87.0 cm³/mol. The van der Waals surface area contributed by atoms with Gasteiger partial charge in [-0.05, 0) is 39.6 Å². The molecule has 0 N–H and O–H groups in total. The molecule has 0 amide bonds. The summed E-state index contributed by atoms with van der Waals surface area (Å²) < 4.78 is 38.0. The summed E-state index contributed by atoms with van der Waals surface area (Å²) in [6, 6.07) is 17.2. The van der Waals surface area contributed by atoms with Crippen LogP contribution in [-0.2, 0) is 11.5 Å². The molecule has 0 saturated heterocycles. The van der Waals surface area contributed by atoms with Crippen LogP contribution in [0.5, 0.6) is 0 Å².